The highest BCUT2D eigenvalue weighted by Gasteiger charge is 2.78. The molecular weight excluding hydrogens is 688 g/mol. The lowest BCUT2D eigenvalue weighted by atomic mass is 9.59. The fourth-order valence-corrected chi connectivity index (χ4v) is 9.59. The third kappa shape index (κ3) is 4.89. The molecule has 7 atom stereocenters. The van der Waals surface area contributed by atoms with Gasteiger partial charge in [0, 0.05) is 17.9 Å². The summed E-state index contributed by atoms with van der Waals surface area (Å²) in [7, 11) is -6.30. The van der Waals surface area contributed by atoms with Crippen LogP contribution in [0.4, 0.5) is 26.3 Å². The van der Waals surface area contributed by atoms with Gasteiger partial charge in [0.15, 0.2) is 6.10 Å². The molecule has 8 rings (SSSR count). The smallest absolute Gasteiger partial charge is 0.438 e. The van der Waals surface area contributed by atoms with Crippen LogP contribution in [-0.4, -0.2) is 89.8 Å². The highest BCUT2D eigenvalue weighted by atomic mass is 32.2. The fourth-order valence-electron chi connectivity index (χ4n) is 8.71. The molecule has 17 heteroatoms. The number of hydrogen-bond acceptors (Lipinski definition) is 9. The first-order valence-electron chi connectivity index (χ1n) is 15.4. The molecular formula is C32H28F6NO9S-. The SMILES string of the molecule is CC(C)N1C(=O)C2C3OC(C(OC(=O)C4CC5c6ccccc6C4c4ccccc45)C31)C2C(=O)OC(CS(=O)(=O)[O-])(C(F)(F)F)C(F)(F)F. The molecule has 0 radical (unpaired) electrons. The van der Waals surface area contributed by atoms with Crippen LogP contribution in [0.1, 0.15) is 54.4 Å². The molecule has 6 aliphatic rings. The third-order valence-electron chi connectivity index (χ3n) is 10.5. The second-order valence-corrected chi connectivity index (χ2v) is 14.8. The zero-order valence-corrected chi connectivity index (χ0v) is 26.4. The van der Waals surface area contributed by atoms with Crippen LogP contribution in [0.3, 0.4) is 0 Å². The molecule has 0 N–H and O–H groups in total. The zero-order chi connectivity index (χ0) is 35.6. The van der Waals surface area contributed by atoms with E-state index in [1.807, 2.05) is 48.5 Å². The molecule has 3 aliphatic carbocycles. The van der Waals surface area contributed by atoms with Gasteiger partial charge in [-0.2, -0.15) is 26.3 Å². The van der Waals surface area contributed by atoms with Crippen LogP contribution in [-0.2, 0) is 38.7 Å². The Morgan fingerprint density at radius 1 is 0.918 bits per heavy atom. The number of ether oxygens (including phenoxy) is 3. The minimum absolute atomic E-state index is 0.172. The van der Waals surface area contributed by atoms with Crippen molar-refractivity contribution in [3.8, 4) is 0 Å². The Hall–Kier alpha value is -3.70. The summed E-state index contributed by atoms with van der Waals surface area (Å²) in [6.07, 6.45) is -17.4. The van der Waals surface area contributed by atoms with Gasteiger partial charge in [-0.3, -0.25) is 14.4 Å². The number of esters is 2. The van der Waals surface area contributed by atoms with Crippen LogP contribution in [0.25, 0.3) is 0 Å². The number of benzene rings is 2. The summed E-state index contributed by atoms with van der Waals surface area (Å²) < 4.78 is 134. The van der Waals surface area contributed by atoms with E-state index in [0.29, 0.717) is 6.42 Å². The van der Waals surface area contributed by atoms with Crippen LogP contribution >= 0.6 is 0 Å². The summed E-state index contributed by atoms with van der Waals surface area (Å²) in [5, 5.41) is 0. The highest BCUT2D eigenvalue weighted by molar-refractivity contribution is 7.85. The van der Waals surface area contributed by atoms with Gasteiger partial charge in [0.1, 0.15) is 12.0 Å². The van der Waals surface area contributed by atoms with Crippen molar-refractivity contribution in [3.05, 3.63) is 70.8 Å². The van der Waals surface area contributed by atoms with Gasteiger partial charge in [-0.25, -0.2) is 8.42 Å². The first-order chi connectivity index (χ1) is 22.8. The summed E-state index contributed by atoms with van der Waals surface area (Å²) in [6.45, 7) is 3.15. The maximum atomic E-state index is 14.1. The number of rotatable bonds is 7. The predicted molar refractivity (Wildman–Crippen MR) is 151 cm³/mol. The lowest BCUT2D eigenvalue weighted by molar-refractivity contribution is -0.362. The number of carbonyl (C=O) groups excluding carboxylic acids is 3. The quantitative estimate of drug-likeness (QED) is 0.238. The Kier molecular flexibility index (Phi) is 7.51. The van der Waals surface area contributed by atoms with E-state index < -0.39 is 106 Å². The first-order valence-corrected chi connectivity index (χ1v) is 17.0. The summed E-state index contributed by atoms with van der Waals surface area (Å²) in [5.41, 5.74) is -1.88. The molecule has 0 spiro atoms. The van der Waals surface area contributed by atoms with Crippen LogP contribution in [0, 0.1) is 17.8 Å². The molecule has 7 unspecified atom stereocenters. The van der Waals surface area contributed by atoms with Gasteiger partial charge < -0.3 is 23.7 Å². The van der Waals surface area contributed by atoms with Crippen LogP contribution < -0.4 is 0 Å². The number of fused-ring (bicyclic) bond motifs is 2. The number of hydrogen-bond donors (Lipinski definition) is 0. The van der Waals surface area contributed by atoms with Gasteiger partial charge in [-0.1, -0.05) is 48.5 Å². The van der Waals surface area contributed by atoms with Crippen LogP contribution in [0.15, 0.2) is 48.5 Å². The van der Waals surface area contributed by atoms with Gasteiger partial charge in [-0.15, -0.1) is 0 Å². The molecule has 3 fully saturated rings. The van der Waals surface area contributed by atoms with E-state index >= 15 is 0 Å². The molecule has 49 heavy (non-hydrogen) atoms. The Morgan fingerprint density at radius 3 is 1.94 bits per heavy atom. The Labute approximate surface area is 275 Å². The predicted octanol–water partition coefficient (Wildman–Crippen LogP) is 3.78. The van der Waals surface area contributed by atoms with Gasteiger partial charge >= 0.3 is 29.9 Å². The largest absolute Gasteiger partial charge is 0.748 e. The van der Waals surface area contributed by atoms with Gasteiger partial charge in [0.25, 0.3) is 0 Å². The van der Waals surface area contributed by atoms with E-state index in [4.69, 9.17) is 9.47 Å². The van der Waals surface area contributed by atoms with Crippen molar-refractivity contribution in [2.24, 2.45) is 17.8 Å². The van der Waals surface area contributed by atoms with E-state index in [-0.39, 0.29) is 5.92 Å². The maximum Gasteiger partial charge on any atom is 0.438 e. The normalized spacial score (nSPS) is 31.6. The number of carbonyl (C=O) groups is 3. The van der Waals surface area contributed by atoms with Crippen molar-refractivity contribution in [1.29, 1.82) is 0 Å². The van der Waals surface area contributed by atoms with Crippen LogP contribution in [0.2, 0.25) is 0 Å². The molecule has 2 aromatic rings. The van der Waals surface area contributed by atoms with Crippen molar-refractivity contribution < 1.29 is 67.9 Å². The molecule has 2 aromatic carbocycles. The second kappa shape index (κ2) is 10.9. The second-order valence-electron chi connectivity index (χ2n) is 13.4. The van der Waals surface area contributed by atoms with Crippen molar-refractivity contribution in [1.82, 2.24) is 4.90 Å². The molecule has 4 bridgehead atoms. The molecule has 3 aliphatic heterocycles. The number of likely N-dealkylation sites (tertiary alicyclic amines) is 1. The molecule has 3 heterocycles. The van der Waals surface area contributed by atoms with Crippen molar-refractivity contribution in [2.75, 3.05) is 5.75 Å². The maximum absolute atomic E-state index is 14.1. The van der Waals surface area contributed by atoms with Crippen LogP contribution in [0.5, 0.6) is 0 Å². The Bertz CT molecular complexity index is 1780. The Balaban J connectivity index is 1.23. The molecule has 0 aromatic heterocycles. The van der Waals surface area contributed by atoms with E-state index in [1.165, 1.54) is 4.90 Å². The van der Waals surface area contributed by atoms with E-state index in [2.05, 4.69) is 4.74 Å². The molecule has 0 saturated carbocycles. The van der Waals surface area contributed by atoms with Crippen molar-refractivity contribution in [3.63, 3.8) is 0 Å². The standard InChI is InChI=1S/C32H29F6NO9S/c1-13(2)39-23-24-21(27(39)40)22(29(42)48-30(31(33,34)35,32(36,37)38)12-49(43,44)45)25(46-24)26(23)47-28(41)19-11-18-14-7-3-5-9-16(14)20(19)17-10-6-4-8-15(17)18/h3-10,13,18-26H,11-12H2,1-2H3,(H,43,44,45)/p-1. The van der Waals surface area contributed by atoms with Gasteiger partial charge in [0.05, 0.1) is 39.9 Å². The number of amides is 1. The molecule has 3 saturated heterocycles. The summed E-state index contributed by atoms with van der Waals surface area (Å²) in [4.78, 5) is 42.4. The van der Waals surface area contributed by atoms with Crippen molar-refractivity contribution >= 4 is 28.0 Å². The highest BCUT2D eigenvalue weighted by Crippen LogP contribution is 2.58. The first kappa shape index (κ1) is 33.8. The summed E-state index contributed by atoms with van der Waals surface area (Å²) in [6, 6.07) is 13.5. The van der Waals surface area contributed by atoms with Gasteiger partial charge in [-0.05, 0) is 42.5 Å². The Morgan fingerprint density at radius 2 is 1.45 bits per heavy atom. The molecule has 10 nitrogen and oxygen atoms in total. The number of nitrogens with zero attached hydrogens (tertiary/aromatic N) is 1. The summed E-state index contributed by atoms with van der Waals surface area (Å²) >= 11 is 0. The average Bonchev–Trinajstić information content (AvgIpc) is 3.62. The van der Waals surface area contributed by atoms with E-state index in [9.17, 15) is 53.7 Å². The fraction of sp³-hybridized carbons (Fsp3) is 0.531. The van der Waals surface area contributed by atoms with Gasteiger partial charge in [0.2, 0.25) is 5.91 Å². The number of halogens is 6. The summed E-state index contributed by atoms with van der Waals surface area (Å²) in [5.74, 6) is -12.2. The minimum atomic E-state index is -6.61. The zero-order valence-electron chi connectivity index (χ0n) is 25.6. The van der Waals surface area contributed by atoms with E-state index in [0.717, 1.165) is 22.3 Å². The minimum Gasteiger partial charge on any atom is -0.748 e. The topological polar surface area (TPSA) is 139 Å². The lowest BCUT2D eigenvalue weighted by Crippen LogP contribution is -2.64. The molecule has 264 valence electrons. The monoisotopic (exact) mass is 716 g/mol. The average molecular weight is 717 g/mol. The van der Waals surface area contributed by atoms with E-state index in [1.54, 1.807) is 13.8 Å². The lowest BCUT2D eigenvalue weighted by Gasteiger charge is -2.45. The van der Waals surface area contributed by atoms with Crippen molar-refractivity contribution in [2.45, 2.75) is 80.5 Å². The number of alkyl halides is 6. The molecule has 1 amide bonds. The third-order valence-corrected chi connectivity index (χ3v) is 11.3.